The normalized spacial score (nSPS) is 29.6. The van der Waals surface area contributed by atoms with Crippen LogP contribution in [0.1, 0.15) is 32.6 Å². The predicted molar refractivity (Wildman–Crippen MR) is 51.5 cm³/mol. The number of alkyl halides is 1. The minimum atomic E-state index is -1.46. The molecule has 4 heteroatoms. The summed E-state index contributed by atoms with van der Waals surface area (Å²) in [6, 6.07) is 0.181. The van der Waals surface area contributed by atoms with E-state index in [9.17, 15) is 9.18 Å². The van der Waals surface area contributed by atoms with E-state index in [1.165, 1.54) is 0 Å². The molecule has 0 spiro atoms. The fraction of sp³-hybridized carbons (Fsp3) is 0.900. The molecule has 1 aliphatic rings. The maximum atomic E-state index is 13.5. The zero-order valence-electron chi connectivity index (χ0n) is 8.54. The molecule has 1 unspecified atom stereocenters. The number of hydrogen-bond acceptors (Lipinski definition) is 3. The largest absolute Gasteiger partial charge is 0.464 e. The van der Waals surface area contributed by atoms with Crippen LogP contribution in [0.5, 0.6) is 0 Å². The molecule has 3 nitrogen and oxygen atoms in total. The van der Waals surface area contributed by atoms with E-state index >= 15 is 0 Å². The van der Waals surface area contributed by atoms with Crippen LogP contribution in [0.15, 0.2) is 0 Å². The lowest BCUT2D eigenvalue weighted by molar-refractivity contribution is -0.151. The van der Waals surface area contributed by atoms with E-state index < -0.39 is 12.1 Å². The Kier molecular flexibility index (Phi) is 4.32. The quantitative estimate of drug-likeness (QED) is 0.705. The number of rotatable bonds is 3. The van der Waals surface area contributed by atoms with Gasteiger partial charge in [0.15, 0.2) is 6.17 Å². The Labute approximate surface area is 83.8 Å². The first kappa shape index (κ1) is 11.4. The van der Waals surface area contributed by atoms with Gasteiger partial charge in [0, 0.05) is 12.0 Å². The first-order valence-corrected chi connectivity index (χ1v) is 5.21. The number of esters is 1. The molecule has 14 heavy (non-hydrogen) atoms. The minimum Gasteiger partial charge on any atom is -0.464 e. The van der Waals surface area contributed by atoms with E-state index in [1.54, 1.807) is 6.92 Å². The number of carbonyl (C=O) groups is 1. The van der Waals surface area contributed by atoms with Crippen molar-refractivity contribution in [2.24, 2.45) is 11.7 Å². The smallest absolute Gasteiger partial charge is 0.341 e. The zero-order valence-corrected chi connectivity index (χ0v) is 8.54. The Hall–Kier alpha value is -0.640. The summed E-state index contributed by atoms with van der Waals surface area (Å²) in [5, 5.41) is 0. The molecule has 1 rings (SSSR count). The highest BCUT2D eigenvalue weighted by atomic mass is 19.1. The predicted octanol–water partition coefficient (Wildman–Crippen LogP) is 1.41. The molecule has 0 heterocycles. The molecule has 0 aliphatic heterocycles. The average Bonchev–Trinajstić information content (AvgIpc) is 2.18. The molecule has 1 atom stereocenters. The molecule has 0 bridgehead atoms. The standard InChI is InChI=1S/C10H18FNO2/c1-2-14-10(13)9(11)7-3-5-8(12)6-4-7/h7-9H,2-6,12H2,1H3. The van der Waals surface area contributed by atoms with Gasteiger partial charge in [-0.3, -0.25) is 0 Å². The number of nitrogens with two attached hydrogens (primary N) is 1. The Bertz CT molecular complexity index is 191. The topological polar surface area (TPSA) is 52.3 Å². The van der Waals surface area contributed by atoms with E-state index in [-0.39, 0.29) is 18.6 Å². The summed E-state index contributed by atoms with van der Waals surface area (Å²) in [4.78, 5) is 11.1. The summed E-state index contributed by atoms with van der Waals surface area (Å²) < 4.78 is 18.1. The molecule has 0 aromatic heterocycles. The van der Waals surface area contributed by atoms with Crippen molar-refractivity contribution in [2.75, 3.05) is 6.61 Å². The molecule has 82 valence electrons. The molecule has 0 saturated heterocycles. The maximum absolute atomic E-state index is 13.5. The summed E-state index contributed by atoms with van der Waals surface area (Å²) in [7, 11) is 0. The second-order valence-electron chi connectivity index (χ2n) is 3.83. The monoisotopic (exact) mass is 203 g/mol. The van der Waals surface area contributed by atoms with Gasteiger partial charge in [-0.2, -0.15) is 0 Å². The van der Waals surface area contributed by atoms with Crippen LogP contribution < -0.4 is 5.73 Å². The van der Waals surface area contributed by atoms with Gasteiger partial charge >= 0.3 is 5.97 Å². The van der Waals surface area contributed by atoms with Gasteiger partial charge in [0.05, 0.1) is 6.61 Å². The van der Waals surface area contributed by atoms with E-state index in [2.05, 4.69) is 4.74 Å². The van der Waals surface area contributed by atoms with Crippen molar-refractivity contribution in [3.8, 4) is 0 Å². The highest BCUT2D eigenvalue weighted by Gasteiger charge is 2.31. The van der Waals surface area contributed by atoms with Crippen LogP contribution in [0.3, 0.4) is 0 Å². The Morgan fingerprint density at radius 2 is 2.07 bits per heavy atom. The van der Waals surface area contributed by atoms with Crippen LogP contribution in [0.25, 0.3) is 0 Å². The van der Waals surface area contributed by atoms with Gasteiger partial charge in [-0.15, -0.1) is 0 Å². The Morgan fingerprint density at radius 1 is 1.50 bits per heavy atom. The minimum absolute atomic E-state index is 0.181. The third-order valence-corrected chi connectivity index (χ3v) is 2.74. The van der Waals surface area contributed by atoms with E-state index in [4.69, 9.17) is 5.73 Å². The summed E-state index contributed by atoms with van der Waals surface area (Å²) in [6.07, 6.45) is 1.56. The molecule has 0 amide bonds. The number of carbonyl (C=O) groups excluding carboxylic acids is 1. The van der Waals surface area contributed by atoms with Crippen LogP contribution in [0, 0.1) is 5.92 Å². The van der Waals surface area contributed by atoms with Crippen molar-refractivity contribution in [1.29, 1.82) is 0 Å². The second kappa shape index (κ2) is 5.29. The lowest BCUT2D eigenvalue weighted by Crippen LogP contribution is -2.34. The molecule has 0 aromatic carbocycles. The number of hydrogen-bond donors (Lipinski definition) is 1. The maximum Gasteiger partial charge on any atom is 0.341 e. The molecular formula is C10H18FNO2. The van der Waals surface area contributed by atoms with Gasteiger partial charge in [0.1, 0.15) is 0 Å². The van der Waals surface area contributed by atoms with Gasteiger partial charge in [-0.25, -0.2) is 9.18 Å². The Morgan fingerprint density at radius 3 is 2.57 bits per heavy atom. The van der Waals surface area contributed by atoms with Crippen LogP contribution in [0.4, 0.5) is 4.39 Å². The van der Waals surface area contributed by atoms with Crippen LogP contribution in [0.2, 0.25) is 0 Å². The SMILES string of the molecule is CCOC(=O)C(F)C1CCC(N)CC1. The third-order valence-electron chi connectivity index (χ3n) is 2.74. The fourth-order valence-corrected chi connectivity index (χ4v) is 1.85. The van der Waals surface area contributed by atoms with Crippen LogP contribution in [-0.2, 0) is 9.53 Å². The van der Waals surface area contributed by atoms with Crippen molar-refractivity contribution in [1.82, 2.24) is 0 Å². The lowest BCUT2D eigenvalue weighted by Gasteiger charge is -2.27. The van der Waals surface area contributed by atoms with Gasteiger partial charge in [0.2, 0.25) is 0 Å². The summed E-state index contributed by atoms with van der Waals surface area (Å²) in [5.41, 5.74) is 5.69. The number of halogens is 1. The van der Waals surface area contributed by atoms with Crippen molar-refractivity contribution in [3.63, 3.8) is 0 Å². The molecular weight excluding hydrogens is 185 g/mol. The molecule has 0 radical (unpaired) electrons. The second-order valence-corrected chi connectivity index (χ2v) is 3.83. The van der Waals surface area contributed by atoms with Crippen molar-refractivity contribution >= 4 is 5.97 Å². The lowest BCUT2D eigenvalue weighted by atomic mass is 9.83. The van der Waals surface area contributed by atoms with Crippen molar-refractivity contribution < 1.29 is 13.9 Å². The summed E-state index contributed by atoms with van der Waals surface area (Å²) in [5.74, 6) is -0.901. The van der Waals surface area contributed by atoms with E-state index in [1.807, 2.05) is 0 Å². The third kappa shape index (κ3) is 2.94. The molecule has 2 N–H and O–H groups in total. The highest BCUT2D eigenvalue weighted by Crippen LogP contribution is 2.28. The summed E-state index contributed by atoms with van der Waals surface area (Å²) in [6.45, 7) is 1.92. The van der Waals surface area contributed by atoms with Gasteiger partial charge in [-0.1, -0.05) is 0 Å². The molecule has 1 saturated carbocycles. The zero-order chi connectivity index (χ0) is 10.6. The molecule has 1 fully saturated rings. The van der Waals surface area contributed by atoms with Gasteiger partial charge in [0.25, 0.3) is 0 Å². The van der Waals surface area contributed by atoms with E-state index in [0.29, 0.717) is 12.8 Å². The number of ether oxygens (including phenoxy) is 1. The highest BCUT2D eigenvalue weighted by molar-refractivity contribution is 5.74. The summed E-state index contributed by atoms with van der Waals surface area (Å²) >= 11 is 0. The van der Waals surface area contributed by atoms with Gasteiger partial charge < -0.3 is 10.5 Å². The van der Waals surface area contributed by atoms with Gasteiger partial charge in [-0.05, 0) is 32.6 Å². The van der Waals surface area contributed by atoms with Crippen LogP contribution in [-0.4, -0.2) is 24.8 Å². The first-order valence-electron chi connectivity index (χ1n) is 5.21. The molecule has 0 aromatic rings. The Balaban J connectivity index is 2.37. The molecule has 1 aliphatic carbocycles. The fourth-order valence-electron chi connectivity index (χ4n) is 1.85. The van der Waals surface area contributed by atoms with Crippen molar-refractivity contribution in [3.05, 3.63) is 0 Å². The van der Waals surface area contributed by atoms with Crippen LogP contribution >= 0.6 is 0 Å². The average molecular weight is 203 g/mol. The first-order chi connectivity index (χ1) is 6.65. The van der Waals surface area contributed by atoms with Crippen molar-refractivity contribution in [2.45, 2.75) is 44.8 Å². The van der Waals surface area contributed by atoms with E-state index in [0.717, 1.165) is 12.8 Å².